The van der Waals surface area contributed by atoms with Crippen molar-refractivity contribution >= 4 is 11.9 Å². The van der Waals surface area contributed by atoms with Gasteiger partial charge in [-0.15, -0.1) is 0 Å². The molecule has 0 radical (unpaired) electrons. The van der Waals surface area contributed by atoms with E-state index in [-0.39, 0.29) is 29.6 Å². The van der Waals surface area contributed by atoms with Crippen LogP contribution in [-0.4, -0.2) is 25.0 Å². The average Bonchev–Trinajstić information content (AvgIpc) is 2.68. The van der Waals surface area contributed by atoms with E-state index in [2.05, 4.69) is 5.32 Å². The van der Waals surface area contributed by atoms with E-state index in [1.807, 2.05) is 13.8 Å². The molecule has 1 N–H and O–H groups in total. The van der Waals surface area contributed by atoms with E-state index in [0.717, 1.165) is 19.3 Å². The van der Waals surface area contributed by atoms with E-state index in [1.54, 1.807) is 6.07 Å². The van der Waals surface area contributed by atoms with Crippen LogP contribution in [-0.2, 0) is 20.9 Å². The Morgan fingerprint density at radius 2 is 1.73 bits per heavy atom. The average molecular weight is 418 g/mol. The highest BCUT2D eigenvalue weighted by molar-refractivity contribution is 5.88. The summed E-state index contributed by atoms with van der Waals surface area (Å²) in [5.41, 5.74) is 0.234. The van der Waals surface area contributed by atoms with Crippen molar-refractivity contribution in [2.45, 2.75) is 65.0 Å². The van der Waals surface area contributed by atoms with Crippen molar-refractivity contribution in [3.05, 3.63) is 29.6 Å². The molecule has 0 aliphatic heterocycles. The first-order valence-corrected chi connectivity index (χ1v) is 11.1. The van der Waals surface area contributed by atoms with Crippen LogP contribution in [0, 0.1) is 34.9 Å². The molecule has 5 nitrogen and oxygen atoms in total. The molecule has 0 saturated heterocycles. The van der Waals surface area contributed by atoms with Gasteiger partial charge in [0.25, 0.3) is 0 Å². The monoisotopic (exact) mass is 417 g/mol. The van der Waals surface area contributed by atoms with Crippen molar-refractivity contribution in [3.8, 4) is 5.75 Å². The molecule has 4 fully saturated rings. The summed E-state index contributed by atoms with van der Waals surface area (Å²) in [5.74, 6) is 1.09. The van der Waals surface area contributed by atoms with Crippen LogP contribution in [0.25, 0.3) is 0 Å². The molecule has 4 bridgehead atoms. The van der Waals surface area contributed by atoms with Gasteiger partial charge in [-0.05, 0) is 79.9 Å². The maximum Gasteiger partial charge on any atom is 0.329 e. The van der Waals surface area contributed by atoms with Crippen LogP contribution in [0.2, 0.25) is 0 Å². The first-order valence-electron chi connectivity index (χ1n) is 11.1. The Morgan fingerprint density at radius 1 is 1.13 bits per heavy atom. The largest absolute Gasteiger partial charge is 0.494 e. The number of esters is 1. The molecule has 1 amide bonds. The fourth-order valence-electron chi connectivity index (χ4n) is 6.22. The summed E-state index contributed by atoms with van der Waals surface area (Å²) in [6.45, 7) is 3.76. The number of benzene rings is 1. The molecular weight excluding hydrogens is 385 g/mol. The molecule has 6 heteroatoms. The predicted molar refractivity (Wildman–Crippen MR) is 110 cm³/mol. The van der Waals surface area contributed by atoms with Crippen LogP contribution >= 0.6 is 0 Å². The number of nitrogens with one attached hydrogen (secondary N) is 1. The van der Waals surface area contributed by atoms with Gasteiger partial charge in [-0.1, -0.05) is 19.9 Å². The molecular formula is C24H32FNO4. The summed E-state index contributed by atoms with van der Waals surface area (Å²) in [7, 11) is 1.40. The standard InChI is InChI=1S/C24H32FNO4/c1-14(2)21(22(27)30-13-15-4-5-20(29-3)19(25)9-15)26-23(28)24-10-16-6-17(11-24)8-18(7-16)12-24/h4-5,9,14,16-18,21H,6-8,10-13H2,1-3H3,(H,26,28)/t16?,17?,18?,21-,24?/m0/s1. The molecule has 0 unspecified atom stereocenters. The molecule has 0 aromatic heterocycles. The summed E-state index contributed by atoms with van der Waals surface area (Å²) in [4.78, 5) is 26.1. The van der Waals surface area contributed by atoms with E-state index in [0.29, 0.717) is 23.3 Å². The maximum absolute atomic E-state index is 13.9. The second-order valence-electron chi connectivity index (χ2n) is 9.97. The van der Waals surface area contributed by atoms with Crippen molar-refractivity contribution in [1.29, 1.82) is 0 Å². The number of amides is 1. The first kappa shape index (κ1) is 21.1. The van der Waals surface area contributed by atoms with Gasteiger partial charge in [0.15, 0.2) is 11.6 Å². The Hall–Kier alpha value is -2.11. The molecule has 1 atom stereocenters. The quantitative estimate of drug-likeness (QED) is 0.674. The minimum absolute atomic E-state index is 0.0211. The molecule has 164 valence electrons. The molecule has 1 aromatic rings. The molecule has 30 heavy (non-hydrogen) atoms. The fraction of sp³-hybridized carbons (Fsp3) is 0.667. The van der Waals surface area contributed by atoms with E-state index in [4.69, 9.17) is 9.47 Å². The van der Waals surface area contributed by atoms with E-state index in [9.17, 15) is 14.0 Å². The number of carbonyl (C=O) groups is 2. The van der Waals surface area contributed by atoms with Crippen LogP contribution < -0.4 is 10.1 Å². The van der Waals surface area contributed by atoms with Gasteiger partial charge in [-0.3, -0.25) is 4.79 Å². The number of hydrogen-bond donors (Lipinski definition) is 1. The number of halogens is 1. The minimum atomic E-state index is -0.700. The number of ether oxygens (including phenoxy) is 2. The van der Waals surface area contributed by atoms with Crippen molar-refractivity contribution in [1.82, 2.24) is 5.32 Å². The summed E-state index contributed by atoms with van der Waals surface area (Å²) in [6, 6.07) is 3.76. The molecule has 4 aliphatic rings. The Kier molecular flexibility index (Phi) is 5.78. The third-order valence-electron chi connectivity index (χ3n) is 7.32. The summed E-state index contributed by atoms with van der Waals surface area (Å²) in [6.07, 6.45) is 6.66. The number of rotatable bonds is 7. The van der Waals surface area contributed by atoms with E-state index < -0.39 is 17.8 Å². The normalized spacial score (nSPS) is 30.2. The number of carbonyl (C=O) groups excluding carboxylic acids is 2. The van der Waals surface area contributed by atoms with Crippen molar-refractivity contribution in [2.75, 3.05) is 7.11 Å². The van der Waals surface area contributed by atoms with Crippen LogP contribution in [0.15, 0.2) is 18.2 Å². The van der Waals surface area contributed by atoms with Gasteiger partial charge < -0.3 is 14.8 Å². The minimum Gasteiger partial charge on any atom is -0.494 e. The molecule has 4 aliphatic carbocycles. The highest BCUT2D eigenvalue weighted by Crippen LogP contribution is 2.60. The molecule has 1 aromatic carbocycles. The lowest BCUT2D eigenvalue weighted by Gasteiger charge is -2.55. The Morgan fingerprint density at radius 3 is 2.23 bits per heavy atom. The van der Waals surface area contributed by atoms with E-state index in [1.165, 1.54) is 38.5 Å². The molecule has 4 saturated carbocycles. The zero-order valence-corrected chi connectivity index (χ0v) is 18.1. The summed E-state index contributed by atoms with van der Waals surface area (Å²) in [5, 5.41) is 3.03. The van der Waals surface area contributed by atoms with Gasteiger partial charge >= 0.3 is 5.97 Å². The van der Waals surface area contributed by atoms with Gasteiger partial charge in [0.2, 0.25) is 5.91 Å². The van der Waals surface area contributed by atoms with Gasteiger partial charge in [0.1, 0.15) is 12.6 Å². The zero-order valence-electron chi connectivity index (χ0n) is 18.1. The Balaban J connectivity index is 1.39. The molecule has 0 spiro atoms. The smallest absolute Gasteiger partial charge is 0.329 e. The van der Waals surface area contributed by atoms with Crippen LogP contribution in [0.1, 0.15) is 57.9 Å². The lowest BCUT2D eigenvalue weighted by molar-refractivity contribution is -0.156. The van der Waals surface area contributed by atoms with Gasteiger partial charge in [-0.2, -0.15) is 0 Å². The maximum atomic E-state index is 13.9. The number of hydrogen-bond acceptors (Lipinski definition) is 4. The predicted octanol–water partition coefficient (Wildman–Crippen LogP) is 4.23. The highest BCUT2D eigenvalue weighted by Gasteiger charge is 2.55. The highest BCUT2D eigenvalue weighted by atomic mass is 19.1. The Labute approximate surface area is 177 Å². The van der Waals surface area contributed by atoms with Crippen LogP contribution in [0.5, 0.6) is 5.75 Å². The van der Waals surface area contributed by atoms with Crippen LogP contribution in [0.3, 0.4) is 0 Å². The summed E-state index contributed by atoms with van der Waals surface area (Å²) < 4.78 is 24.2. The second kappa shape index (κ2) is 8.20. The fourth-order valence-corrected chi connectivity index (χ4v) is 6.22. The molecule has 0 heterocycles. The third-order valence-corrected chi connectivity index (χ3v) is 7.32. The van der Waals surface area contributed by atoms with Crippen molar-refractivity contribution in [3.63, 3.8) is 0 Å². The van der Waals surface area contributed by atoms with Gasteiger partial charge in [0, 0.05) is 5.41 Å². The lowest BCUT2D eigenvalue weighted by Crippen LogP contribution is -2.57. The molecule has 5 rings (SSSR count). The second-order valence-corrected chi connectivity index (χ2v) is 9.97. The topological polar surface area (TPSA) is 64.6 Å². The zero-order chi connectivity index (χ0) is 21.5. The summed E-state index contributed by atoms with van der Waals surface area (Å²) >= 11 is 0. The van der Waals surface area contributed by atoms with E-state index >= 15 is 0 Å². The SMILES string of the molecule is COc1ccc(COC(=O)[C@@H](NC(=O)C23CC4CC(CC(C4)C2)C3)C(C)C)cc1F. The number of methoxy groups -OCH3 is 1. The first-order chi connectivity index (χ1) is 14.3. The lowest BCUT2D eigenvalue weighted by atomic mass is 9.49. The Bertz CT molecular complexity index is 786. The van der Waals surface area contributed by atoms with Gasteiger partial charge in [0.05, 0.1) is 7.11 Å². The third kappa shape index (κ3) is 4.06. The van der Waals surface area contributed by atoms with Crippen LogP contribution in [0.4, 0.5) is 4.39 Å². The van der Waals surface area contributed by atoms with Crippen molar-refractivity contribution in [2.24, 2.45) is 29.1 Å². The van der Waals surface area contributed by atoms with Gasteiger partial charge in [-0.25, -0.2) is 9.18 Å². The van der Waals surface area contributed by atoms with Crippen molar-refractivity contribution < 1.29 is 23.5 Å².